The van der Waals surface area contributed by atoms with Gasteiger partial charge in [0.15, 0.2) is 0 Å². The molecule has 1 fully saturated rings. The maximum atomic E-state index is 3.65. The van der Waals surface area contributed by atoms with Crippen LogP contribution in [0.4, 0.5) is 0 Å². The van der Waals surface area contributed by atoms with Crippen molar-refractivity contribution in [1.82, 2.24) is 19.7 Å². The first kappa shape index (κ1) is 16.1. The summed E-state index contributed by atoms with van der Waals surface area (Å²) >= 11 is 0. The van der Waals surface area contributed by atoms with E-state index in [1.54, 1.807) is 5.56 Å². The molecule has 1 atom stereocenters. The number of hydrogen-bond donors (Lipinski definition) is 1. The van der Waals surface area contributed by atoms with Crippen molar-refractivity contribution in [3.63, 3.8) is 0 Å². The number of H-pyrrole nitrogens is 1. The second-order valence-corrected chi connectivity index (χ2v) is 7.28. The van der Waals surface area contributed by atoms with Crippen molar-refractivity contribution in [1.29, 1.82) is 0 Å². The van der Waals surface area contributed by atoms with Crippen LogP contribution in [0, 0.1) is 0 Å². The second kappa shape index (κ2) is 6.87. The monoisotopic (exact) mass is 326 g/mol. The molecule has 130 valence electrons. The molecule has 1 aromatic heterocycles. The summed E-state index contributed by atoms with van der Waals surface area (Å²) in [5, 5.41) is 1.44. The number of fused-ring (bicyclic) bond motifs is 4. The number of benzene rings is 1. The molecule has 4 rings (SSSR count). The van der Waals surface area contributed by atoms with Crippen LogP contribution < -0.4 is 0 Å². The fourth-order valence-electron chi connectivity index (χ4n) is 4.45. The molecule has 4 nitrogen and oxygen atoms in total. The van der Waals surface area contributed by atoms with Crippen LogP contribution in [0.5, 0.6) is 0 Å². The second-order valence-electron chi connectivity index (χ2n) is 7.28. The van der Waals surface area contributed by atoms with E-state index < -0.39 is 0 Å². The van der Waals surface area contributed by atoms with Gasteiger partial charge >= 0.3 is 0 Å². The molecule has 0 bridgehead atoms. The number of rotatable bonds is 5. The normalized spacial score (nSPS) is 22.0. The first-order valence-electron chi connectivity index (χ1n) is 9.55. The molecular formula is C20H30N4. The fraction of sp³-hybridized carbons (Fsp3) is 0.600. The minimum absolute atomic E-state index is 0.683. The fourth-order valence-corrected chi connectivity index (χ4v) is 4.45. The van der Waals surface area contributed by atoms with Gasteiger partial charge in [0.05, 0.1) is 0 Å². The van der Waals surface area contributed by atoms with Crippen LogP contribution in [0.3, 0.4) is 0 Å². The zero-order valence-electron chi connectivity index (χ0n) is 15.1. The SMILES string of the molecule is CCN(CC)CCN1CCN2Cc3[nH]c4ccccc4c3CC2C1. The summed E-state index contributed by atoms with van der Waals surface area (Å²) in [5.74, 6) is 0. The highest BCUT2D eigenvalue weighted by Crippen LogP contribution is 2.31. The van der Waals surface area contributed by atoms with Crippen molar-refractivity contribution in [2.45, 2.75) is 32.9 Å². The Hall–Kier alpha value is -1.36. The number of nitrogens with one attached hydrogen (secondary N) is 1. The number of aromatic amines is 1. The van der Waals surface area contributed by atoms with Crippen molar-refractivity contribution < 1.29 is 0 Å². The lowest BCUT2D eigenvalue weighted by Gasteiger charge is -2.44. The van der Waals surface area contributed by atoms with Gasteiger partial charge in [0.2, 0.25) is 0 Å². The van der Waals surface area contributed by atoms with E-state index in [0.29, 0.717) is 6.04 Å². The Kier molecular flexibility index (Phi) is 4.61. The van der Waals surface area contributed by atoms with Gasteiger partial charge in [-0.05, 0) is 31.1 Å². The molecule has 1 unspecified atom stereocenters. The van der Waals surface area contributed by atoms with Crippen LogP contribution >= 0.6 is 0 Å². The molecule has 24 heavy (non-hydrogen) atoms. The van der Waals surface area contributed by atoms with Crippen molar-refractivity contribution >= 4 is 10.9 Å². The van der Waals surface area contributed by atoms with Crippen molar-refractivity contribution in [3.05, 3.63) is 35.5 Å². The molecule has 1 saturated heterocycles. The van der Waals surface area contributed by atoms with E-state index in [4.69, 9.17) is 0 Å². The van der Waals surface area contributed by atoms with Gasteiger partial charge in [0.1, 0.15) is 0 Å². The maximum absolute atomic E-state index is 3.65. The topological polar surface area (TPSA) is 25.5 Å². The van der Waals surface area contributed by atoms with E-state index >= 15 is 0 Å². The Balaban J connectivity index is 1.45. The molecule has 2 aromatic rings. The van der Waals surface area contributed by atoms with Crippen LogP contribution in [0.25, 0.3) is 10.9 Å². The van der Waals surface area contributed by atoms with E-state index in [1.165, 1.54) is 68.8 Å². The molecule has 2 aliphatic rings. The van der Waals surface area contributed by atoms with Gasteiger partial charge in [-0.2, -0.15) is 0 Å². The largest absolute Gasteiger partial charge is 0.357 e. The highest BCUT2D eigenvalue weighted by Gasteiger charge is 2.33. The Morgan fingerprint density at radius 2 is 2.00 bits per heavy atom. The van der Waals surface area contributed by atoms with Crippen molar-refractivity contribution in [2.24, 2.45) is 0 Å². The summed E-state index contributed by atoms with van der Waals surface area (Å²) in [5.41, 5.74) is 4.32. The van der Waals surface area contributed by atoms with Gasteiger partial charge in [-0.3, -0.25) is 9.80 Å². The average molecular weight is 326 g/mol. The first-order valence-corrected chi connectivity index (χ1v) is 9.55. The number of piperazine rings is 1. The Morgan fingerprint density at radius 3 is 2.83 bits per heavy atom. The zero-order valence-corrected chi connectivity index (χ0v) is 15.1. The van der Waals surface area contributed by atoms with Crippen LogP contribution in [0.1, 0.15) is 25.1 Å². The Labute approximate surface area is 145 Å². The summed E-state index contributed by atoms with van der Waals surface area (Å²) in [6, 6.07) is 9.47. The van der Waals surface area contributed by atoms with Gasteiger partial charge in [-0.1, -0.05) is 32.0 Å². The molecule has 1 N–H and O–H groups in total. The molecule has 3 heterocycles. The molecule has 0 saturated carbocycles. The Bertz CT molecular complexity index is 688. The lowest BCUT2D eigenvalue weighted by Crippen LogP contribution is -2.56. The van der Waals surface area contributed by atoms with E-state index in [1.807, 2.05) is 0 Å². The minimum Gasteiger partial charge on any atom is -0.357 e. The summed E-state index contributed by atoms with van der Waals surface area (Å²) in [6.45, 7) is 14.0. The van der Waals surface area contributed by atoms with E-state index in [0.717, 1.165) is 6.54 Å². The quantitative estimate of drug-likeness (QED) is 0.914. The predicted molar refractivity (Wildman–Crippen MR) is 100 cm³/mol. The van der Waals surface area contributed by atoms with E-state index in [-0.39, 0.29) is 0 Å². The molecule has 1 aromatic carbocycles. The molecule has 0 spiro atoms. The van der Waals surface area contributed by atoms with Gasteiger partial charge in [-0.25, -0.2) is 0 Å². The van der Waals surface area contributed by atoms with Gasteiger partial charge < -0.3 is 9.88 Å². The number of nitrogens with zero attached hydrogens (tertiary/aromatic N) is 3. The number of para-hydroxylation sites is 1. The van der Waals surface area contributed by atoms with E-state index in [9.17, 15) is 0 Å². The Morgan fingerprint density at radius 1 is 1.17 bits per heavy atom. The van der Waals surface area contributed by atoms with Crippen LogP contribution in [0.2, 0.25) is 0 Å². The number of likely N-dealkylation sites (N-methyl/N-ethyl adjacent to an activating group) is 1. The van der Waals surface area contributed by atoms with Crippen molar-refractivity contribution in [2.75, 3.05) is 45.8 Å². The predicted octanol–water partition coefficient (Wildman–Crippen LogP) is 2.55. The van der Waals surface area contributed by atoms with Gasteiger partial charge in [0, 0.05) is 61.9 Å². The maximum Gasteiger partial charge on any atom is 0.0459 e. The van der Waals surface area contributed by atoms with Crippen molar-refractivity contribution in [3.8, 4) is 0 Å². The van der Waals surface area contributed by atoms with Crippen LogP contribution in [-0.2, 0) is 13.0 Å². The number of hydrogen-bond acceptors (Lipinski definition) is 3. The lowest BCUT2D eigenvalue weighted by molar-refractivity contribution is 0.0548. The molecule has 0 aliphatic carbocycles. The van der Waals surface area contributed by atoms with Crippen LogP contribution in [-0.4, -0.2) is 71.5 Å². The van der Waals surface area contributed by atoms with Gasteiger partial charge in [0.25, 0.3) is 0 Å². The number of aromatic nitrogens is 1. The average Bonchev–Trinajstić information content (AvgIpc) is 2.98. The summed E-state index contributed by atoms with van der Waals surface area (Å²) < 4.78 is 0. The molecular weight excluding hydrogens is 296 g/mol. The molecule has 0 radical (unpaired) electrons. The molecule has 4 heteroatoms. The third-order valence-electron chi connectivity index (χ3n) is 6.02. The first-order chi connectivity index (χ1) is 11.8. The summed E-state index contributed by atoms with van der Waals surface area (Å²) in [4.78, 5) is 11.6. The van der Waals surface area contributed by atoms with E-state index in [2.05, 4.69) is 57.8 Å². The minimum atomic E-state index is 0.683. The molecule has 2 aliphatic heterocycles. The third kappa shape index (κ3) is 2.99. The highest BCUT2D eigenvalue weighted by molar-refractivity contribution is 5.84. The summed E-state index contributed by atoms with van der Waals surface area (Å²) in [7, 11) is 0. The molecule has 0 amide bonds. The lowest BCUT2D eigenvalue weighted by atomic mass is 9.95. The highest BCUT2D eigenvalue weighted by atomic mass is 15.3. The van der Waals surface area contributed by atoms with Gasteiger partial charge in [-0.15, -0.1) is 0 Å². The van der Waals surface area contributed by atoms with Crippen LogP contribution in [0.15, 0.2) is 24.3 Å². The summed E-state index contributed by atoms with van der Waals surface area (Å²) in [6.07, 6.45) is 1.20. The third-order valence-corrected chi connectivity index (χ3v) is 6.02. The zero-order chi connectivity index (χ0) is 16.5. The standard InChI is InChI=1S/C20H30N4/c1-3-22(4-2)9-10-23-11-12-24-15-20-18(13-16(24)14-23)17-7-5-6-8-19(17)21-20/h5-8,16,21H,3-4,9-15H2,1-2H3. The smallest absolute Gasteiger partial charge is 0.0459 e.